The van der Waals surface area contributed by atoms with E-state index in [0.29, 0.717) is 13.1 Å². The highest BCUT2D eigenvalue weighted by Crippen LogP contribution is 2.31. The van der Waals surface area contributed by atoms with E-state index >= 15 is 0 Å². The van der Waals surface area contributed by atoms with Crippen LogP contribution in [-0.2, 0) is 0 Å². The monoisotopic (exact) mass is 252 g/mol. The second kappa shape index (κ2) is 5.57. The molecule has 1 rings (SSSR count). The zero-order chi connectivity index (χ0) is 13.1. The first-order chi connectivity index (χ1) is 7.73. The molecule has 102 valence electrons. The molecule has 2 N–H and O–H groups in total. The maximum atomic E-state index is 12.4. The van der Waals surface area contributed by atoms with E-state index < -0.39 is 12.7 Å². The van der Waals surface area contributed by atoms with Crippen molar-refractivity contribution < 1.29 is 13.2 Å². The minimum atomic E-state index is -4.08. The lowest BCUT2D eigenvalue weighted by Crippen LogP contribution is -2.37. The third-order valence-corrected chi connectivity index (χ3v) is 3.30. The SMILES string of the molecule is CC(C)(CN)CCCN(CC(F)(F)F)C1CC1. The molecule has 1 fully saturated rings. The van der Waals surface area contributed by atoms with E-state index in [2.05, 4.69) is 13.8 Å². The molecule has 0 radical (unpaired) electrons. The Morgan fingerprint density at radius 2 is 1.82 bits per heavy atom. The highest BCUT2D eigenvalue weighted by molar-refractivity contribution is 4.86. The topological polar surface area (TPSA) is 29.3 Å². The van der Waals surface area contributed by atoms with Crippen molar-refractivity contribution in [3.8, 4) is 0 Å². The fraction of sp³-hybridized carbons (Fsp3) is 1.00. The van der Waals surface area contributed by atoms with Crippen molar-refractivity contribution >= 4 is 0 Å². The van der Waals surface area contributed by atoms with Crippen molar-refractivity contribution in [3.05, 3.63) is 0 Å². The zero-order valence-corrected chi connectivity index (χ0v) is 10.7. The lowest BCUT2D eigenvalue weighted by atomic mass is 9.88. The number of rotatable bonds is 7. The van der Waals surface area contributed by atoms with E-state index in [9.17, 15) is 13.2 Å². The Morgan fingerprint density at radius 1 is 1.24 bits per heavy atom. The van der Waals surface area contributed by atoms with Crippen LogP contribution < -0.4 is 5.73 Å². The van der Waals surface area contributed by atoms with E-state index in [1.807, 2.05) is 0 Å². The molecule has 0 atom stereocenters. The van der Waals surface area contributed by atoms with Gasteiger partial charge in [0, 0.05) is 6.04 Å². The standard InChI is InChI=1S/C12H23F3N2/c1-11(2,8-16)6-3-7-17(10-4-5-10)9-12(13,14)15/h10H,3-9,16H2,1-2H3. The molecule has 0 saturated heterocycles. The molecule has 0 aromatic heterocycles. The van der Waals surface area contributed by atoms with E-state index in [-0.39, 0.29) is 11.5 Å². The molecule has 0 unspecified atom stereocenters. The van der Waals surface area contributed by atoms with Gasteiger partial charge in [-0.15, -0.1) is 0 Å². The van der Waals surface area contributed by atoms with Gasteiger partial charge in [0.25, 0.3) is 0 Å². The van der Waals surface area contributed by atoms with Gasteiger partial charge in [0.15, 0.2) is 0 Å². The van der Waals surface area contributed by atoms with Crippen LogP contribution in [0.4, 0.5) is 13.2 Å². The summed E-state index contributed by atoms with van der Waals surface area (Å²) in [4.78, 5) is 1.58. The van der Waals surface area contributed by atoms with Crippen molar-refractivity contribution in [2.45, 2.75) is 51.7 Å². The second-order valence-electron chi connectivity index (χ2n) is 5.79. The van der Waals surface area contributed by atoms with Gasteiger partial charge < -0.3 is 5.73 Å². The summed E-state index contributed by atoms with van der Waals surface area (Å²) >= 11 is 0. The van der Waals surface area contributed by atoms with E-state index in [0.717, 1.165) is 25.7 Å². The van der Waals surface area contributed by atoms with Crippen molar-refractivity contribution in [1.82, 2.24) is 4.90 Å². The molecule has 2 nitrogen and oxygen atoms in total. The molecule has 1 aliphatic carbocycles. The molecule has 1 aliphatic rings. The minimum absolute atomic E-state index is 0.0352. The van der Waals surface area contributed by atoms with Crippen molar-refractivity contribution in [2.75, 3.05) is 19.6 Å². The molecule has 17 heavy (non-hydrogen) atoms. The maximum absolute atomic E-state index is 12.4. The van der Waals surface area contributed by atoms with Crippen LogP contribution in [0, 0.1) is 5.41 Å². The number of nitrogens with two attached hydrogens (primary N) is 1. The van der Waals surface area contributed by atoms with Crippen molar-refractivity contribution in [3.63, 3.8) is 0 Å². The van der Waals surface area contributed by atoms with Gasteiger partial charge in [-0.2, -0.15) is 13.2 Å². The first kappa shape index (κ1) is 14.8. The number of halogens is 3. The van der Waals surface area contributed by atoms with Gasteiger partial charge in [-0.05, 0) is 44.2 Å². The molecule has 0 amide bonds. The van der Waals surface area contributed by atoms with Gasteiger partial charge in [0.1, 0.15) is 0 Å². The lowest BCUT2D eigenvalue weighted by Gasteiger charge is -2.26. The third-order valence-electron chi connectivity index (χ3n) is 3.30. The van der Waals surface area contributed by atoms with Gasteiger partial charge >= 0.3 is 6.18 Å². The molecular formula is C12H23F3N2. The minimum Gasteiger partial charge on any atom is -0.330 e. The second-order valence-corrected chi connectivity index (χ2v) is 5.79. The lowest BCUT2D eigenvalue weighted by molar-refractivity contribution is -0.147. The van der Waals surface area contributed by atoms with E-state index in [4.69, 9.17) is 5.73 Å². The predicted octanol–water partition coefficient (Wildman–Crippen LogP) is 2.78. The molecule has 0 aromatic carbocycles. The van der Waals surface area contributed by atoms with Crippen LogP contribution in [0.1, 0.15) is 39.5 Å². The van der Waals surface area contributed by atoms with Crippen molar-refractivity contribution in [2.24, 2.45) is 11.1 Å². The smallest absolute Gasteiger partial charge is 0.330 e. The summed E-state index contributed by atoms with van der Waals surface area (Å²) in [6, 6.07) is 0.164. The Hall–Kier alpha value is -0.290. The average Bonchev–Trinajstić information content (AvgIpc) is 2.97. The summed E-state index contributed by atoms with van der Waals surface area (Å²) in [6.07, 6.45) is -0.583. The van der Waals surface area contributed by atoms with Crippen LogP contribution in [-0.4, -0.2) is 36.8 Å². The number of hydrogen-bond donors (Lipinski definition) is 1. The average molecular weight is 252 g/mol. The zero-order valence-electron chi connectivity index (χ0n) is 10.7. The van der Waals surface area contributed by atoms with Gasteiger partial charge in [0.2, 0.25) is 0 Å². The quantitative estimate of drug-likeness (QED) is 0.755. The summed E-state index contributed by atoms with van der Waals surface area (Å²) in [5.74, 6) is 0. The maximum Gasteiger partial charge on any atom is 0.401 e. The molecule has 0 bridgehead atoms. The molecule has 0 aliphatic heterocycles. The predicted molar refractivity (Wildman–Crippen MR) is 62.7 cm³/mol. The van der Waals surface area contributed by atoms with Crippen molar-refractivity contribution in [1.29, 1.82) is 0 Å². The Bertz CT molecular complexity index is 234. The number of nitrogens with zero attached hydrogens (tertiary/aromatic N) is 1. The Morgan fingerprint density at radius 3 is 2.24 bits per heavy atom. The largest absolute Gasteiger partial charge is 0.401 e. The first-order valence-electron chi connectivity index (χ1n) is 6.24. The molecule has 5 heteroatoms. The molecule has 0 heterocycles. The molecular weight excluding hydrogens is 229 g/mol. The van der Waals surface area contributed by atoms with Gasteiger partial charge in [-0.25, -0.2) is 0 Å². The Labute approximate surface area is 101 Å². The fourth-order valence-corrected chi connectivity index (χ4v) is 1.92. The van der Waals surface area contributed by atoms with Crippen LogP contribution in [0.15, 0.2) is 0 Å². The summed E-state index contributed by atoms with van der Waals surface area (Å²) in [5.41, 5.74) is 5.64. The summed E-state index contributed by atoms with van der Waals surface area (Å²) < 4.78 is 37.1. The normalized spacial score (nSPS) is 17.8. The summed E-state index contributed by atoms with van der Waals surface area (Å²) in [6.45, 7) is 4.46. The van der Waals surface area contributed by atoms with Crippen LogP contribution in [0.5, 0.6) is 0 Å². The fourth-order valence-electron chi connectivity index (χ4n) is 1.92. The van der Waals surface area contributed by atoms with Gasteiger partial charge in [-0.3, -0.25) is 4.90 Å². The highest BCUT2D eigenvalue weighted by Gasteiger charge is 2.37. The van der Waals surface area contributed by atoms with E-state index in [1.54, 1.807) is 4.90 Å². The summed E-state index contributed by atoms with van der Waals surface area (Å²) in [7, 11) is 0. The highest BCUT2D eigenvalue weighted by atomic mass is 19.4. The summed E-state index contributed by atoms with van der Waals surface area (Å²) in [5, 5.41) is 0. The number of hydrogen-bond acceptors (Lipinski definition) is 2. The third kappa shape index (κ3) is 6.27. The van der Waals surface area contributed by atoms with Gasteiger partial charge in [0.05, 0.1) is 6.54 Å². The van der Waals surface area contributed by atoms with Gasteiger partial charge in [-0.1, -0.05) is 13.8 Å². The van der Waals surface area contributed by atoms with E-state index in [1.165, 1.54) is 0 Å². The van der Waals surface area contributed by atoms with Crippen LogP contribution >= 0.6 is 0 Å². The van der Waals surface area contributed by atoms with Crippen LogP contribution in [0.3, 0.4) is 0 Å². The molecule has 0 aromatic rings. The first-order valence-corrected chi connectivity index (χ1v) is 6.24. The Kier molecular flexibility index (Phi) is 4.84. The van der Waals surface area contributed by atoms with Crippen LogP contribution in [0.2, 0.25) is 0 Å². The number of alkyl halides is 3. The Balaban J connectivity index is 2.30. The molecule has 0 spiro atoms. The molecule has 1 saturated carbocycles. The van der Waals surface area contributed by atoms with Crippen LogP contribution in [0.25, 0.3) is 0 Å².